The fourth-order valence-electron chi connectivity index (χ4n) is 3.08. The first-order valence-corrected chi connectivity index (χ1v) is 12.1. The molecular formula is C23H31N3O7S. The third-order valence-corrected chi connectivity index (χ3v) is 6.46. The lowest BCUT2D eigenvalue weighted by Gasteiger charge is -2.17. The lowest BCUT2D eigenvalue weighted by Crippen LogP contribution is -2.41. The highest BCUT2D eigenvalue weighted by molar-refractivity contribution is 7.89. The molecule has 0 saturated carbocycles. The molecule has 3 N–H and O–H groups in total. The van der Waals surface area contributed by atoms with Crippen LogP contribution in [0.2, 0.25) is 0 Å². The van der Waals surface area contributed by atoms with E-state index in [-0.39, 0.29) is 11.3 Å². The molecule has 0 saturated heterocycles. The number of anilines is 1. The van der Waals surface area contributed by atoms with Crippen LogP contribution in [0.3, 0.4) is 0 Å². The van der Waals surface area contributed by atoms with Gasteiger partial charge in [-0.2, -0.15) is 4.72 Å². The first-order chi connectivity index (χ1) is 16.2. The quantitative estimate of drug-likeness (QED) is 0.306. The largest absolute Gasteiger partial charge is 0.497 e. The van der Waals surface area contributed by atoms with Crippen molar-refractivity contribution in [2.75, 3.05) is 33.2 Å². The van der Waals surface area contributed by atoms with Gasteiger partial charge in [-0.1, -0.05) is 17.7 Å². The summed E-state index contributed by atoms with van der Waals surface area (Å²) in [5.41, 5.74) is 1.41. The van der Waals surface area contributed by atoms with Crippen LogP contribution in [0.15, 0.2) is 47.4 Å². The van der Waals surface area contributed by atoms with E-state index in [1.54, 1.807) is 30.3 Å². The van der Waals surface area contributed by atoms with Gasteiger partial charge < -0.3 is 24.8 Å². The number of unbranched alkanes of at least 4 members (excludes halogenated alkanes) is 1. The summed E-state index contributed by atoms with van der Waals surface area (Å²) in [6.45, 7) is 2.17. The number of hydrogen-bond acceptors (Lipinski definition) is 7. The molecule has 10 nitrogen and oxygen atoms in total. The zero-order valence-corrected chi connectivity index (χ0v) is 20.5. The Morgan fingerprint density at radius 1 is 0.971 bits per heavy atom. The van der Waals surface area contributed by atoms with Crippen LogP contribution in [-0.4, -0.2) is 54.3 Å². The lowest BCUT2D eigenvalue weighted by atomic mass is 10.1. The van der Waals surface area contributed by atoms with Gasteiger partial charge in [0.05, 0.1) is 31.9 Å². The van der Waals surface area contributed by atoms with E-state index < -0.39 is 28.1 Å². The summed E-state index contributed by atoms with van der Waals surface area (Å²) in [4.78, 5) is 24.4. The van der Waals surface area contributed by atoms with Crippen molar-refractivity contribution in [1.82, 2.24) is 10.0 Å². The number of sulfonamides is 1. The third-order valence-electron chi connectivity index (χ3n) is 4.98. The van der Waals surface area contributed by atoms with Crippen molar-refractivity contribution in [1.29, 1.82) is 0 Å². The number of carbonyl (C=O) groups excluding carboxylic acids is 2. The second-order valence-corrected chi connectivity index (χ2v) is 9.17. The molecule has 2 aromatic carbocycles. The van der Waals surface area contributed by atoms with E-state index in [2.05, 4.69) is 15.4 Å². The van der Waals surface area contributed by atoms with Gasteiger partial charge in [-0.3, -0.25) is 4.79 Å². The Morgan fingerprint density at radius 2 is 1.68 bits per heavy atom. The molecule has 2 amide bonds. The summed E-state index contributed by atoms with van der Waals surface area (Å²) >= 11 is 0. The number of urea groups is 1. The molecule has 11 heteroatoms. The number of carbonyl (C=O) groups is 2. The van der Waals surface area contributed by atoms with Crippen molar-refractivity contribution in [3.05, 3.63) is 48.0 Å². The van der Waals surface area contributed by atoms with Gasteiger partial charge in [0.2, 0.25) is 10.0 Å². The average molecular weight is 494 g/mol. The number of methoxy groups -OCH3 is 3. The molecule has 0 aromatic heterocycles. The van der Waals surface area contributed by atoms with Gasteiger partial charge in [0.15, 0.2) is 0 Å². The Balaban J connectivity index is 1.84. The standard InChI is InChI=1S/C23H31N3O7S/c1-16-8-11-18(12-9-16)34(29,30)26-20(22(27)33-4)7-5-6-14-24-23(28)25-19-13-10-17(31-2)15-21(19)32-3/h8-13,15,20,26H,5-7,14H2,1-4H3,(H2,24,25,28). The van der Waals surface area contributed by atoms with Gasteiger partial charge >= 0.3 is 12.0 Å². The normalized spacial score (nSPS) is 11.9. The average Bonchev–Trinajstić information content (AvgIpc) is 2.83. The van der Waals surface area contributed by atoms with Gasteiger partial charge in [0.1, 0.15) is 17.5 Å². The predicted molar refractivity (Wildman–Crippen MR) is 128 cm³/mol. The molecule has 0 aliphatic carbocycles. The van der Waals surface area contributed by atoms with Crippen LogP contribution < -0.4 is 24.8 Å². The van der Waals surface area contributed by atoms with Crippen LogP contribution in [-0.2, 0) is 19.6 Å². The summed E-state index contributed by atoms with van der Waals surface area (Å²) in [6, 6.07) is 9.88. The molecule has 0 spiro atoms. The molecule has 2 aromatic rings. The van der Waals surface area contributed by atoms with Crippen molar-refractivity contribution in [2.24, 2.45) is 0 Å². The van der Waals surface area contributed by atoms with Gasteiger partial charge in [-0.15, -0.1) is 0 Å². The predicted octanol–water partition coefficient (Wildman–Crippen LogP) is 2.82. The van der Waals surface area contributed by atoms with Gasteiger partial charge in [-0.05, 0) is 50.5 Å². The molecule has 2 rings (SSSR count). The summed E-state index contributed by atoms with van der Waals surface area (Å²) in [7, 11) is 0.341. The SMILES string of the molecule is COC(=O)C(CCCCNC(=O)Nc1ccc(OC)cc1OC)NS(=O)(=O)c1ccc(C)cc1. The Labute approximate surface area is 200 Å². The summed E-state index contributed by atoms with van der Waals surface area (Å²) < 4.78 is 42.8. The summed E-state index contributed by atoms with van der Waals surface area (Å²) in [5, 5.41) is 5.41. The van der Waals surface area contributed by atoms with Crippen LogP contribution in [0, 0.1) is 6.92 Å². The Kier molecular flexibility index (Phi) is 10.1. The second kappa shape index (κ2) is 12.8. The van der Waals surface area contributed by atoms with Crippen LogP contribution in [0.5, 0.6) is 11.5 Å². The molecule has 0 aliphatic heterocycles. The molecule has 1 atom stereocenters. The number of nitrogens with one attached hydrogen (secondary N) is 3. The minimum absolute atomic E-state index is 0.0688. The smallest absolute Gasteiger partial charge is 0.323 e. The van der Waals surface area contributed by atoms with Crippen molar-refractivity contribution in [3.8, 4) is 11.5 Å². The maximum atomic E-state index is 12.6. The highest BCUT2D eigenvalue weighted by Crippen LogP contribution is 2.28. The number of hydrogen-bond donors (Lipinski definition) is 3. The maximum absolute atomic E-state index is 12.6. The van der Waals surface area contributed by atoms with Gasteiger partial charge in [0.25, 0.3) is 0 Å². The zero-order valence-electron chi connectivity index (χ0n) is 19.7. The van der Waals surface area contributed by atoms with Crippen molar-refractivity contribution in [2.45, 2.75) is 37.1 Å². The number of benzene rings is 2. The van der Waals surface area contributed by atoms with E-state index in [0.717, 1.165) is 5.56 Å². The lowest BCUT2D eigenvalue weighted by molar-refractivity contribution is -0.142. The number of esters is 1. The topological polar surface area (TPSA) is 132 Å². The first kappa shape index (κ1) is 26.9. The molecule has 0 fully saturated rings. The van der Waals surface area contributed by atoms with E-state index in [1.807, 2.05) is 6.92 Å². The first-order valence-electron chi connectivity index (χ1n) is 10.6. The Hall–Kier alpha value is -3.31. The number of amides is 2. The van der Waals surface area contributed by atoms with Gasteiger partial charge in [-0.25, -0.2) is 13.2 Å². The van der Waals surface area contributed by atoms with E-state index >= 15 is 0 Å². The molecule has 0 heterocycles. The monoisotopic (exact) mass is 493 g/mol. The number of ether oxygens (including phenoxy) is 3. The fourth-order valence-corrected chi connectivity index (χ4v) is 4.30. The van der Waals surface area contributed by atoms with E-state index in [1.165, 1.54) is 33.5 Å². The van der Waals surface area contributed by atoms with Crippen molar-refractivity contribution >= 4 is 27.7 Å². The van der Waals surface area contributed by atoms with Crippen LogP contribution in [0.4, 0.5) is 10.5 Å². The van der Waals surface area contributed by atoms with Crippen LogP contribution >= 0.6 is 0 Å². The van der Waals surface area contributed by atoms with Crippen LogP contribution in [0.1, 0.15) is 24.8 Å². The Morgan fingerprint density at radius 3 is 2.29 bits per heavy atom. The highest BCUT2D eigenvalue weighted by Gasteiger charge is 2.26. The minimum Gasteiger partial charge on any atom is -0.497 e. The summed E-state index contributed by atoms with van der Waals surface area (Å²) in [5.74, 6) is 0.380. The van der Waals surface area contributed by atoms with Crippen LogP contribution in [0.25, 0.3) is 0 Å². The second-order valence-electron chi connectivity index (χ2n) is 7.45. The number of rotatable bonds is 12. The van der Waals surface area contributed by atoms with E-state index in [9.17, 15) is 18.0 Å². The third kappa shape index (κ3) is 7.92. The molecule has 0 radical (unpaired) electrons. The zero-order chi connectivity index (χ0) is 25.1. The highest BCUT2D eigenvalue weighted by atomic mass is 32.2. The summed E-state index contributed by atoms with van der Waals surface area (Å²) in [6.07, 6.45) is 1.21. The van der Waals surface area contributed by atoms with E-state index in [0.29, 0.717) is 36.6 Å². The minimum atomic E-state index is -3.89. The van der Waals surface area contributed by atoms with Crippen molar-refractivity contribution < 1.29 is 32.2 Å². The van der Waals surface area contributed by atoms with Gasteiger partial charge in [0, 0.05) is 12.6 Å². The van der Waals surface area contributed by atoms with E-state index in [4.69, 9.17) is 14.2 Å². The maximum Gasteiger partial charge on any atom is 0.323 e. The molecule has 186 valence electrons. The molecular weight excluding hydrogens is 462 g/mol. The fraction of sp³-hybridized carbons (Fsp3) is 0.391. The number of aryl methyl sites for hydroxylation is 1. The Bertz CT molecular complexity index is 1070. The molecule has 0 aliphatic rings. The molecule has 0 bridgehead atoms. The molecule has 34 heavy (non-hydrogen) atoms. The molecule has 1 unspecified atom stereocenters. The van der Waals surface area contributed by atoms with Crippen molar-refractivity contribution in [3.63, 3.8) is 0 Å².